The van der Waals surface area contributed by atoms with Crippen LogP contribution >= 0.6 is 0 Å². The van der Waals surface area contributed by atoms with Gasteiger partial charge in [0.15, 0.2) is 0 Å². The van der Waals surface area contributed by atoms with E-state index in [4.69, 9.17) is 0 Å². The van der Waals surface area contributed by atoms with Gasteiger partial charge in [-0.3, -0.25) is 0 Å². The molecular formula is C24H50N4O2. The monoisotopic (exact) mass is 426 g/mol. The normalized spacial score (nSPS) is 15.1. The topological polar surface area (TPSA) is 64.7 Å². The van der Waals surface area contributed by atoms with E-state index < -0.39 is 0 Å². The van der Waals surface area contributed by atoms with E-state index in [2.05, 4.69) is 66.0 Å². The summed E-state index contributed by atoms with van der Waals surface area (Å²) in [5.74, 6) is 0. The van der Waals surface area contributed by atoms with Crippen molar-refractivity contribution in [3.05, 3.63) is 0 Å². The maximum absolute atomic E-state index is 12.5. The van der Waals surface area contributed by atoms with E-state index in [1.807, 2.05) is 9.80 Å². The summed E-state index contributed by atoms with van der Waals surface area (Å²) >= 11 is 0. The zero-order valence-electron chi connectivity index (χ0n) is 21.1. The van der Waals surface area contributed by atoms with Gasteiger partial charge in [0.05, 0.1) is 0 Å². The number of urea groups is 2. The fraction of sp³-hybridized carbons (Fsp3) is 0.917. The van der Waals surface area contributed by atoms with Gasteiger partial charge >= 0.3 is 12.1 Å². The minimum Gasteiger partial charge on any atom is -0.338 e. The molecule has 6 heteroatoms. The summed E-state index contributed by atoms with van der Waals surface area (Å²) in [5, 5.41) is 6.17. The van der Waals surface area contributed by atoms with Crippen LogP contribution < -0.4 is 10.6 Å². The van der Waals surface area contributed by atoms with Gasteiger partial charge in [0.25, 0.3) is 0 Å². The number of hydrogen-bond acceptors (Lipinski definition) is 2. The Morgan fingerprint density at radius 2 is 0.833 bits per heavy atom. The van der Waals surface area contributed by atoms with Gasteiger partial charge < -0.3 is 20.4 Å². The summed E-state index contributed by atoms with van der Waals surface area (Å²) in [4.78, 5) is 29.0. The van der Waals surface area contributed by atoms with Gasteiger partial charge in [-0.2, -0.15) is 0 Å². The van der Waals surface area contributed by atoms with Gasteiger partial charge in [0.2, 0.25) is 0 Å². The van der Waals surface area contributed by atoms with Crippen molar-refractivity contribution < 1.29 is 9.59 Å². The molecule has 0 radical (unpaired) electrons. The van der Waals surface area contributed by atoms with Gasteiger partial charge in [-0.05, 0) is 66.2 Å². The lowest BCUT2D eigenvalue weighted by atomic mass is 10.1. The third-order valence-electron chi connectivity index (χ3n) is 6.39. The van der Waals surface area contributed by atoms with Crippen LogP contribution in [0.15, 0.2) is 0 Å². The number of nitrogens with one attached hydrogen (secondary N) is 2. The van der Waals surface area contributed by atoms with Crippen molar-refractivity contribution in [1.29, 1.82) is 0 Å². The first-order chi connectivity index (χ1) is 14.2. The number of amides is 4. The van der Waals surface area contributed by atoms with Crippen LogP contribution in [0.2, 0.25) is 0 Å². The van der Waals surface area contributed by atoms with Crippen LogP contribution in [0.1, 0.15) is 107 Å². The minimum atomic E-state index is 0.0566. The summed E-state index contributed by atoms with van der Waals surface area (Å²) in [7, 11) is 0. The average molecular weight is 427 g/mol. The zero-order valence-corrected chi connectivity index (χ0v) is 21.1. The van der Waals surface area contributed by atoms with E-state index in [1.54, 1.807) is 0 Å². The Morgan fingerprint density at radius 3 is 1.07 bits per heavy atom. The van der Waals surface area contributed by atoms with Crippen LogP contribution in [-0.2, 0) is 0 Å². The molecule has 0 heterocycles. The van der Waals surface area contributed by atoms with E-state index in [0.717, 1.165) is 51.4 Å². The van der Waals surface area contributed by atoms with Crippen molar-refractivity contribution >= 4 is 12.1 Å². The van der Waals surface area contributed by atoms with Crippen molar-refractivity contribution in [2.75, 3.05) is 13.1 Å². The lowest BCUT2D eigenvalue weighted by Crippen LogP contribution is -2.49. The second kappa shape index (κ2) is 16.3. The highest BCUT2D eigenvalue weighted by Gasteiger charge is 2.24. The van der Waals surface area contributed by atoms with Gasteiger partial charge in [-0.25, -0.2) is 9.59 Å². The molecule has 30 heavy (non-hydrogen) atoms. The summed E-state index contributed by atoms with van der Waals surface area (Å²) in [6.07, 6.45) is 7.93. The van der Waals surface area contributed by atoms with E-state index in [0.29, 0.717) is 13.1 Å². The van der Waals surface area contributed by atoms with Crippen molar-refractivity contribution in [2.24, 2.45) is 0 Å². The molecule has 0 aromatic rings. The number of carbonyl (C=O) groups excluding carboxylic acids is 2. The molecule has 0 aliphatic carbocycles. The molecule has 0 unspecified atom stereocenters. The highest BCUT2D eigenvalue weighted by molar-refractivity contribution is 5.75. The predicted molar refractivity (Wildman–Crippen MR) is 128 cm³/mol. The second-order valence-electron chi connectivity index (χ2n) is 8.72. The smallest absolute Gasteiger partial charge is 0.317 e. The molecule has 0 aliphatic heterocycles. The summed E-state index contributed by atoms with van der Waals surface area (Å²) in [5.41, 5.74) is 0. The fourth-order valence-electron chi connectivity index (χ4n) is 3.63. The molecule has 178 valence electrons. The molecule has 0 saturated heterocycles. The van der Waals surface area contributed by atoms with Crippen LogP contribution in [-0.4, -0.2) is 59.1 Å². The Labute approximate surface area is 186 Å². The number of hydrogen-bond donors (Lipinski definition) is 2. The quantitative estimate of drug-likeness (QED) is 0.327. The molecule has 0 aliphatic rings. The van der Waals surface area contributed by atoms with Crippen molar-refractivity contribution in [3.8, 4) is 0 Å². The van der Waals surface area contributed by atoms with Gasteiger partial charge in [0, 0.05) is 37.3 Å². The maximum Gasteiger partial charge on any atom is 0.317 e. The van der Waals surface area contributed by atoms with Crippen LogP contribution in [0.3, 0.4) is 0 Å². The maximum atomic E-state index is 12.5. The van der Waals surface area contributed by atoms with Gasteiger partial charge in [-0.15, -0.1) is 0 Å². The van der Waals surface area contributed by atoms with Crippen molar-refractivity contribution in [1.82, 2.24) is 20.4 Å². The summed E-state index contributed by atoms with van der Waals surface area (Å²) in [6.45, 7) is 18.4. The largest absolute Gasteiger partial charge is 0.338 e. The van der Waals surface area contributed by atoms with Gasteiger partial charge in [0.1, 0.15) is 0 Å². The molecule has 0 bridgehead atoms. The van der Waals surface area contributed by atoms with Crippen molar-refractivity contribution in [2.45, 2.75) is 131 Å². The average Bonchev–Trinajstić information content (AvgIpc) is 2.74. The first kappa shape index (κ1) is 28.5. The molecule has 6 nitrogen and oxygen atoms in total. The molecule has 0 saturated carbocycles. The van der Waals surface area contributed by atoms with Crippen LogP contribution in [0, 0.1) is 0 Å². The first-order valence-corrected chi connectivity index (χ1v) is 12.4. The first-order valence-electron chi connectivity index (χ1n) is 12.4. The standard InChI is InChI=1S/C24H50N4O2/c1-9-19(5)27(20(6)10-2)23(29)25-17-15-13-14-16-18-26-24(30)28(21(7)11-3)22(8)12-4/h19-22H,9-18H2,1-8H3,(H,25,29)(H,26,30)/t19-,20+,21-,22+. The highest BCUT2D eigenvalue weighted by atomic mass is 16.2. The van der Waals surface area contributed by atoms with E-state index in [9.17, 15) is 9.59 Å². The number of carbonyl (C=O) groups is 2. The van der Waals surface area contributed by atoms with Crippen LogP contribution in [0.25, 0.3) is 0 Å². The second-order valence-corrected chi connectivity index (χ2v) is 8.72. The SMILES string of the molecule is CC[C@@H](C)N(C(=O)NCCCCCCNC(=O)N([C@H](C)CC)[C@@H](C)CC)[C@@H](C)CC. The molecule has 4 amide bonds. The molecule has 4 atom stereocenters. The van der Waals surface area contributed by atoms with E-state index in [-0.39, 0.29) is 36.2 Å². The molecule has 2 N–H and O–H groups in total. The Bertz CT molecular complexity index is 410. The zero-order chi connectivity index (χ0) is 23.1. The third-order valence-corrected chi connectivity index (χ3v) is 6.39. The van der Waals surface area contributed by atoms with Crippen LogP contribution in [0.5, 0.6) is 0 Å². The molecule has 0 spiro atoms. The number of nitrogens with zero attached hydrogens (tertiary/aromatic N) is 2. The van der Waals surface area contributed by atoms with Gasteiger partial charge in [-0.1, -0.05) is 40.5 Å². The Hall–Kier alpha value is -1.46. The van der Waals surface area contributed by atoms with E-state index >= 15 is 0 Å². The third kappa shape index (κ3) is 10.0. The van der Waals surface area contributed by atoms with Crippen molar-refractivity contribution in [3.63, 3.8) is 0 Å². The Morgan fingerprint density at radius 1 is 0.567 bits per heavy atom. The molecule has 0 aromatic heterocycles. The Kier molecular flexibility index (Phi) is 15.5. The summed E-state index contributed by atoms with van der Waals surface area (Å²) in [6, 6.07) is 1.15. The highest BCUT2D eigenvalue weighted by Crippen LogP contribution is 2.13. The van der Waals surface area contributed by atoms with E-state index in [1.165, 1.54) is 0 Å². The predicted octanol–water partition coefficient (Wildman–Crippen LogP) is 5.76. The lowest BCUT2D eigenvalue weighted by Gasteiger charge is -2.34. The lowest BCUT2D eigenvalue weighted by molar-refractivity contribution is 0.149. The summed E-state index contributed by atoms with van der Waals surface area (Å²) < 4.78 is 0. The Balaban J connectivity index is 4.11. The number of rotatable bonds is 15. The fourth-order valence-corrected chi connectivity index (χ4v) is 3.63. The number of unbranched alkanes of at least 4 members (excludes halogenated alkanes) is 3. The molecule has 0 aromatic carbocycles. The molecule has 0 rings (SSSR count). The molecule has 0 fully saturated rings. The minimum absolute atomic E-state index is 0.0566. The molecular weight excluding hydrogens is 376 g/mol. The van der Waals surface area contributed by atoms with Crippen LogP contribution in [0.4, 0.5) is 9.59 Å².